The van der Waals surface area contributed by atoms with E-state index >= 15 is 0 Å². The van der Waals surface area contributed by atoms with Crippen molar-refractivity contribution in [2.24, 2.45) is 5.92 Å². The lowest BCUT2D eigenvalue weighted by molar-refractivity contribution is 0.158. The number of hydrogen-bond donors (Lipinski definition) is 0. The summed E-state index contributed by atoms with van der Waals surface area (Å²) < 4.78 is 5.25. The van der Waals surface area contributed by atoms with Crippen molar-refractivity contribution in [1.29, 1.82) is 0 Å². The molecule has 0 bridgehead atoms. The van der Waals surface area contributed by atoms with E-state index < -0.39 is 0 Å². The number of aromatic nitrogens is 5. The maximum Gasteiger partial charge on any atom is 0.226 e. The monoisotopic (exact) mass is 304 g/mol. The predicted octanol–water partition coefficient (Wildman–Crippen LogP) is 1.75. The number of piperidine rings is 1. The molecule has 0 amide bonds. The van der Waals surface area contributed by atoms with Crippen LogP contribution < -0.4 is 0 Å². The first-order valence-corrected chi connectivity index (χ1v) is 8.06. The van der Waals surface area contributed by atoms with E-state index in [4.69, 9.17) is 4.52 Å². The summed E-state index contributed by atoms with van der Waals surface area (Å²) in [5.41, 5.74) is 2.13. The fraction of sp³-hybridized carbons (Fsp3) is 0.733. The van der Waals surface area contributed by atoms with E-state index in [2.05, 4.69) is 32.2 Å². The normalized spacial score (nSPS) is 19.7. The second-order valence-electron chi connectivity index (χ2n) is 6.10. The van der Waals surface area contributed by atoms with Gasteiger partial charge in [-0.1, -0.05) is 5.16 Å². The maximum atomic E-state index is 5.25. The maximum absolute atomic E-state index is 5.25. The van der Waals surface area contributed by atoms with Gasteiger partial charge in [0, 0.05) is 19.5 Å². The van der Waals surface area contributed by atoms with Crippen LogP contribution in [0.25, 0.3) is 0 Å². The zero-order valence-corrected chi connectivity index (χ0v) is 13.6. The number of nitrogens with zero attached hydrogens (tertiary/aromatic N) is 6. The van der Waals surface area contributed by atoms with Crippen molar-refractivity contribution < 1.29 is 4.52 Å². The first kappa shape index (κ1) is 15.1. The minimum atomic E-state index is 0.579. The lowest BCUT2D eigenvalue weighted by atomic mass is 9.94. The van der Waals surface area contributed by atoms with Gasteiger partial charge in [0.25, 0.3) is 0 Å². The van der Waals surface area contributed by atoms with Crippen LogP contribution in [0.15, 0.2) is 4.52 Å². The van der Waals surface area contributed by atoms with Gasteiger partial charge in [-0.15, -0.1) is 0 Å². The van der Waals surface area contributed by atoms with Crippen molar-refractivity contribution in [3.63, 3.8) is 0 Å². The van der Waals surface area contributed by atoms with Crippen LogP contribution in [-0.4, -0.2) is 43.1 Å². The zero-order chi connectivity index (χ0) is 15.5. The molecule has 0 aliphatic carbocycles. The second kappa shape index (κ2) is 6.56. The summed E-state index contributed by atoms with van der Waals surface area (Å²) in [7, 11) is 0. The highest BCUT2D eigenvalue weighted by Gasteiger charge is 2.23. The van der Waals surface area contributed by atoms with Crippen LogP contribution in [0.1, 0.15) is 42.9 Å². The Kier molecular flexibility index (Phi) is 4.52. The molecule has 3 rings (SSSR count). The summed E-state index contributed by atoms with van der Waals surface area (Å²) >= 11 is 0. The summed E-state index contributed by atoms with van der Waals surface area (Å²) in [6, 6.07) is 0. The molecule has 7 heteroatoms. The third-order valence-electron chi connectivity index (χ3n) is 4.21. The summed E-state index contributed by atoms with van der Waals surface area (Å²) in [4.78, 5) is 8.56. The van der Waals surface area contributed by atoms with Crippen LogP contribution in [-0.2, 0) is 19.5 Å². The Balaban J connectivity index is 1.59. The van der Waals surface area contributed by atoms with Crippen molar-refractivity contribution >= 4 is 0 Å². The SMILES string of the molecule is CCn1nc(C)c(CN2CCCC(Cc3nc(C)no3)C2)n1. The van der Waals surface area contributed by atoms with E-state index in [0.717, 1.165) is 55.7 Å². The molecule has 2 aromatic rings. The first-order chi connectivity index (χ1) is 10.6. The van der Waals surface area contributed by atoms with Gasteiger partial charge in [-0.25, -0.2) is 0 Å². The molecule has 2 aromatic heterocycles. The minimum absolute atomic E-state index is 0.579. The Hall–Kier alpha value is -1.76. The van der Waals surface area contributed by atoms with Gasteiger partial charge in [0.1, 0.15) is 0 Å². The predicted molar refractivity (Wildman–Crippen MR) is 81.2 cm³/mol. The molecule has 1 aliphatic heterocycles. The standard InChI is InChI=1S/C15H24N6O/c1-4-21-17-11(2)14(18-21)10-20-7-5-6-13(9-20)8-15-16-12(3)19-22-15/h13H,4-10H2,1-3H3. The molecular formula is C15H24N6O. The van der Waals surface area contributed by atoms with Crippen LogP contribution in [0.2, 0.25) is 0 Å². The molecule has 1 aliphatic rings. The van der Waals surface area contributed by atoms with Gasteiger partial charge in [-0.05, 0) is 46.1 Å². The van der Waals surface area contributed by atoms with E-state index in [-0.39, 0.29) is 0 Å². The van der Waals surface area contributed by atoms with E-state index in [9.17, 15) is 0 Å². The molecule has 1 unspecified atom stereocenters. The third-order valence-corrected chi connectivity index (χ3v) is 4.21. The van der Waals surface area contributed by atoms with E-state index in [1.165, 1.54) is 12.8 Å². The molecule has 1 fully saturated rings. The molecule has 1 atom stereocenters. The number of rotatable bonds is 5. The van der Waals surface area contributed by atoms with Gasteiger partial charge < -0.3 is 4.52 Å². The topological polar surface area (TPSA) is 72.9 Å². The molecule has 0 N–H and O–H groups in total. The highest BCUT2D eigenvalue weighted by molar-refractivity contribution is 5.06. The number of aryl methyl sites for hydroxylation is 3. The van der Waals surface area contributed by atoms with Gasteiger partial charge in [0.2, 0.25) is 5.89 Å². The van der Waals surface area contributed by atoms with Crippen molar-refractivity contribution in [2.75, 3.05) is 13.1 Å². The van der Waals surface area contributed by atoms with Crippen molar-refractivity contribution in [2.45, 2.75) is 53.1 Å². The average molecular weight is 304 g/mol. The van der Waals surface area contributed by atoms with Crippen LogP contribution in [0.4, 0.5) is 0 Å². The summed E-state index contributed by atoms with van der Waals surface area (Å²) in [6.07, 6.45) is 3.30. The molecule has 7 nitrogen and oxygen atoms in total. The van der Waals surface area contributed by atoms with Gasteiger partial charge in [0.05, 0.1) is 17.9 Å². The van der Waals surface area contributed by atoms with Crippen molar-refractivity contribution in [3.05, 3.63) is 23.1 Å². The molecule has 3 heterocycles. The van der Waals surface area contributed by atoms with E-state index in [1.807, 2.05) is 13.8 Å². The van der Waals surface area contributed by atoms with Gasteiger partial charge in [0.15, 0.2) is 5.82 Å². The molecule has 120 valence electrons. The number of hydrogen-bond acceptors (Lipinski definition) is 6. The minimum Gasteiger partial charge on any atom is -0.339 e. The van der Waals surface area contributed by atoms with Crippen molar-refractivity contribution in [1.82, 2.24) is 30.0 Å². The molecule has 1 saturated heterocycles. The van der Waals surface area contributed by atoms with Crippen LogP contribution in [0, 0.1) is 19.8 Å². The number of likely N-dealkylation sites (tertiary alicyclic amines) is 1. The Labute approximate surface area is 130 Å². The van der Waals surface area contributed by atoms with Gasteiger partial charge >= 0.3 is 0 Å². The first-order valence-electron chi connectivity index (χ1n) is 8.06. The van der Waals surface area contributed by atoms with Crippen LogP contribution in [0.5, 0.6) is 0 Å². The van der Waals surface area contributed by atoms with Crippen molar-refractivity contribution in [3.8, 4) is 0 Å². The average Bonchev–Trinajstić information content (AvgIpc) is 3.06. The molecule has 22 heavy (non-hydrogen) atoms. The summed E-state index contributed by atoms with van der Waals surface area (Å²) in [6.45, 7) is 9.84. The summed E-state index contributed by atoms with van der Waals surface area (Å²) in [5.74, 6) is 2.06. The highest BCUT2D eigenvalue weighted by Crippen LogP contribution is 2.21. The van der Waals surface area contributed by atoms with E-state index in [0.29, 0.717) is 5.92 Å². The molecule has 0 aromatic carbocycles. The zero-order valence-electron chi connectivity index (χ0n) is 13.6. The lowest BCUT2D eigenvalue weighted by Crippen LogP contribution is -2.36. The van der Waals surface area contributed by atoms with Crippen LogP contribution >= 0.6 is 0 Å². The third kappa shape index (κ3) is 3.52. The fourth-order valence-corrected chi connectivity index (χ4v) is 3.10. The largest absolute Gasteiger partial charge is 0.339 e. The Bertz CT molecular complexity index is 619. The Morgan fingerprint density at radius 3 is 2.82 bits per heavy atom. The second-order valence-corrected chi connectivity index (χ2v) is 6.10. The fourth-order valence-electron chi connectivity index (χ4n) is 3.10. The molecular weight excluding hydrogens is 280 g/mol. The van der Waals surface area contributed by atoms with Gasteiger partial charge in [-0.3, -0.25) is 4.90 Å². The van der Waals surface area contributed by atoms with E-state index in [1.54, 1.807) is 4.80 Å². The molecule has 0 spiro atoms. The molecule has 0 radical (unpaired) electrons. The smallest absolute Gasteiger partial charge is 0.226 e. The molecule has 0 saturated carbocycles. The highest BCUT2D eigenvalue weighted by atomic mass is 16.5. The Morgan fingerprint density at radius 1 is 1.27 bits per heavy atom. The van der Waals surface area contributed by atoms with Gasteiger partial charge in [-0.2, -0.15) is 20.0 Å². The summed E-state index contributed by atoms with van der Waals surface area (Å²) in [5, 5.41) is 12.9. The quantitative estimate of drug-likeness (QED) is 0.838. The Morgan fingerprint density at radius 2 is 2.14 bits per heavy atom. The van der Waals surface area contributed by atoms with Crippen LogP contribution in [0.3, 0.4) is 0 Å². The lowest BCUT2D eigenvalue weighted by Gasteiger charge is -2.31.